The van der Waals surface area contributed by atoms with E-state index in [2.05, 4.69) is 23.9 Å². The van der Waals surface area contributed by atoms with Crippen molar-refractivity contribution in [1.29, 1.82) is 0 Å². The topological polar surface area (TPSA) is 32.5 Å². The molecule has 0 radical (unpaired) electrons. The first-order valence-electron chi connectivity index (χ1n) is 5.33. The molecule has 0 saturated carbocycles. The monoisotopic (exact) mass is 185 g/mol. The van der Waals surface area contributed by atoms with Crippen LogP contribution in [0, 0.1) is 0 Å². The Kier molecular flexibility index (Phi) is 4.70. The molecular weight excluding hydrogens is 162 g/mol. The van der Waals surface area contributed by atoms with Crippen molar-refractivity contribution in [3.05, 3.63) is 0 Å². The first-order chi connectivity index (χ1) is 6.24. The lowest BCUT2D eigenvalue weighted by molar-refractivity contribution is 0.219. The van der Waals surface area contributed by atoms with E-state index in [1.165, 1.54) is 38.9 Å². The molecule has 0 spiro atoms. The van der Waals surface area contributed by atoms with Gasteiger partial charge in [0.25, 0.3) is 0 Å². The van der Waals surface area contributed by atoms with Crippen molar-refractivity contribution in [3.8, 4) is 0 Å². The van der Waals surface area contributed by atoms with Gasteiger partial charge in [0, 0.05) is 19.1 Å². The summed E-state index contributed by atoms with van der Waals surface area (Å²) in [5.74, 6) is 0. The van der Waals surface area contributed by atoms with Crippen LogP contribution in [0.2, 0.25) is 0 Å². The van der Waals surface area contributed by atoms with Gasteiger partial charge in [-0.25, -0.2) is 0 Å². The van der Waals surface area contributed by atoms with E-state index in [4.69, 9.17) is 5.73 Å². The van der Waals surface area contributed by atoms with Crippen LogP contribution in [-0.4, -0.2) is 56.1 Å². The molecule has 0 bridgehead atoms. The Labute approximate surface area is 81.9 Å². The fourth-order valence-corrected chi connectivity index (χ4v) is 2.04. The van der Waals surface area contributed by atoms with Crippen molar-refractivity contribution in [1.82, 2.24) is 9.80 Å². The molecule has 0 aromatic rings. The molecule has 1 atom stereocenters. The lowest BCUT2D eigenvalue weighted by atomic mass is 10.1. The van der Waals surface area contributed by atoms with Crippen molar-refractivity contribution >= 4 is 0 Å². The second-order valence-electron chi connectivity index (χ2n) is 4.21. The SMILES string of the molecule is CN(C)CCN1CCCC1CCN. The van der Waals surface area contributed by atoms with Crippen molar-refractivity contribution < 1.29 is 0 Å². The number of hydrogen-bond acceptors (Lipinski definition) is 3. The van der Waals surface area contributed by atoms with Gasteiger partial charge < -0.3 is 10.6 Å². The zero-order valence-corrected chi connectivity index (χ0v) is 9.00. The highest BCUT2D eigenvalue weighted by Crippen LogP contribution is 2.18. The Morgan fingerprint density at radius 3 is 2.85 bits per heavy atom. The second-order valence-corrected chi connectivity index (χ2v) is 4.21. The predicted molar refractivity (Wildman–Crippen MR) is 56.8 cm³/mol. The van der Waals surface area contributed by atoms with Gasteiger partial charge in [-0.15, -0.1) is 0 Å². The van der Waals surface area contributed by atoms with Crippen molar-refractivity contribution in [3.63, 3.8) is 0 Å². The average Bonchev–Trinajstić information content (AvgIpc) is 2.49. The summed E-state index contributed by atoms with van der Waals surface area (Å²) in [7, 11) is 4.27. The van der Waals surface area contributed by atoms with E-state index in [1.807, 2.05) is 0 Å². The molecule has 78 valence electrons. The summed E-state index contributed by atoms with van der Waals surface area (Å²) in [6, 6.07) is 0.768. The van der Waals surface area contributed by atoms with Crippen molar-refractivity contribution in [2.45, 2.75) is 25.3 Å². The highest BCUT2D eigenvalue weighted by molar-refractivity contribution is 4.79. The largest absolute Gasteiger partial charge is 0.330 e. The molecular formula is C10H23N3. The van der Waals surface area contributed by atoms with Crippen LogP contribution in [0.3, 0.4) is 0 Å². The molecule has 1 unspecified atom stereocenters. The van der Waals surface area contributed by atoms with Crippen molar-refractivity contribution in [2.75, 3.05) is 40.3 Å². The van der Waals surface area contributed by atoms with E-state index in [-0.39, 0.29) is 0 Å². The minimum Gasteiger partial charge on any atom is -0.330 e. The first-order valence-corrected chi connectivity index (χ1v) is 5.33. The lowest BCUT2D eigenvalue weighted by Gasteiger charge is -2.25. The third-order valence-corrected chi connectivity index (χ3v) is 2.83. The molecule has 0 aromatic carbocycles. The first kappa shape index (κ1) is 11.0. The summed E-state index contributed by atoms with van der Waals surface area (Å²) in [5.41, 5.74) is 5.59. The Bertz CT molecular complexity index is 136. The summed E-state index contributed by atoms with van der Waals surface area (Å²) in [6.45, 7) is 4.49. The van der Waals surface area contributed by atoms with E-state index in [1.54, 1.807) is 0 Å². The van der Waals surface area contributed by atoms with Gasteiger partial charge in [0.05, 0.1) is 0 Å². The van der Waals surface area contributed by atoms with Crippen LogP contribution < -0.4 is 5.73 Å². The fraction of sp³-hybridized carbons (Fsp3) is 1.00. The number of nitrogens with two attached hydrogens (primary N) is 1. The van der Waals surface area contributed by atoms with Crippen LogP contribution in [0.1, 0.15) is 19.3 Å². The van der Waals surface area contributed by atoms with Crippen LogP contribution >= 0.6 is 0 Å². The molecule has 0 amide bonds. The maximum absolute atomic E-state index is 5.59. The molecule has 3 nitrogen and oxygen atoms in total. The van der Waals surface area contributed by atoms with Gasteiger partial charge in [0.2, 0.25) is 0 Å². The standard InChI is InChI=1S/C10H23N3/c1-12(2)8-9-13-7-3-4-10(13)5-6-11/h10H,3-9,11H2,1-2H3. The van der Waals surface area contributed by atoms with Gasteiger partial charge in [-0.1, -0.05) is 0 Å². The molecule has 1 fully saturated rings. The van der Waals surface area contributed by atoms with Gasteiger partial charge in [-0.2, -0.15) is 0 Å². The van der Waals surface area contributed by atoms with Crippen LogP contribution in [0.4, 0.5) is 0 Å². The quantitative estimate of drug-likeness (QED) is 0.671. The van der Waals surface area contributed by atoms with Crippen LogP contribution in [-0.2, 0) is 0 Å². The minimum atomic E-state index is 0.768. The second kappa shape index (κ2) is 5.58. The van der Waals surface area contributed by atoms with Crippen LogP contribution in [0.25, 0.3) is 0 Å². The third-order valence-electron chi connectivity index (χ3n) is 2.83. The lowest BCUT2D eigenvalue weighted by Crippen LogP contribution is -2.36. The Balaban J connectivity index is 2.22. The van der Waals surface area contributed by atoms with E-state index in [0.29, 0.717) is 0 Å². The maximum Gasteiger partial charge on any atom is 0.0112 e. The average molecular weight is 185 g/mol. The molecule has 1 heterocycles. The van der Waals surface area contributed by atoms with Gasteiger partial charge in [-0.05, 0) is 46.4 Å². The number of nitrogens with zero attached hydrogens (tertiary/aromatic N) is 2. The highest BCUT2D eigenvalue weighted by atomic mass is 15.2. The molecule has 3 heteroatoms. The van der Waals surface area contributed by atoms with Gasteiger partial charge in [0.15, 0.2) is 0 Å². The Morgan fingerprint density at radius 2 is 2.23 bits per heavy atom. The van der Waals surface area contributed by atoms with E-state index < -0.39 is 0 Å². The predicted octanol–water partition coefficient (Wildman–Crippen LogP) is 0.361. The Morgan fingerprint density at radius 1 is 1.46 bits per heavy atom. The molecule has 2 N–H and O–H groups in total. The molecule has 1 aliphatic heterocycles. The smallest absolute Gasteiger partial charge is 0.0112 e. The molecule has 13 heavy (non-hydrogen) atoms. The number of hydrogen-bond donors (Lipinski definition) is 1. The van der Waals surface area contributed by atoms with Crippen LogP contribution in [0.5, 0.6) is 0 Å². The van der Waals surface area contributed by atoms with Gasteiger partial charge in [-0.3, -0.25) is 4.90 Å². The molecule has 0 aliphatic carbocycles. The summed E-state index contributed by atoms with van der Waals surface area (Å²) < 4.78 is 0. The number of likely N-dealkylation sites (tertiary alicyclic amines) is 1. The zero-order chi connectivity index (χ0) is 9.68. The summed E-state index contributed by atoms with van der Waals surface area (Å²) >= 11 is 0. The minimum absolute atomic E-state index is 0.768. The van der Waals surface area contributed by atoms with E-state index >= 15 is 0 Å². The highest BCUT2D eigenvalue weighted by Gasteiger charge is 2.22. The van der Waals surface area contributed by atoms with Crippen LogP contribution in [0.15, 0.2) is 0 Å². The normalized spacial score (nSPS) is 24.5. The van der Waals surface area contributed by atoms with E-state index in [9.17, 15) is 0 Å². The summed E-state index contributed by atoms with van der Waals surface area (Å²) in [4.78, 5) is 4.84. The number of likely N-dealkylation sites (N-methyl/N-ethyl adjacent to an activating group) is 1. The molecule has 1 saturated heterocycles. The third kappa shape index (κ3) is 3.63. The van der Waals surface area contributed by atoms with Gasteiger partial charge in [0.1, 0.15) is 0 Å². The summed E-state index contributed by atoms with van der Waals surface area (Å²) in [5, 5.41) is 0. The van der Waals surface area contributed by atoms with Crippen molar-refractivity contribution in [2.24, 2.45) is 5.73 Å². The maximum atomic E-state index is 5.59. The zero-order valence-electron chi connectivity index (χ0n) is 9.00. The molecule has 1 aliphatic rings. The molecule has 1 rings (SSSR count). The van der Waals surface area contributed by atoms with E-state index in [0.717, 1.165) is 12.6 Å². The Hall–Kier alpha value is -0.120. The fourth-order valence-electron chi connectivity index (χ4n) is 2.04. The summed E-state index contributed by atoms with van der Waals surface area (Å²) in [6.07, 6.45) is 3.89. The number of rotatable bonds is 5. The molecule has 0 aromatic heterocycles. The van der Waals surface area contributed by atoms with Gasteiger partial charge >= 0.3 is 0 Å².